The second kappa shape index (κ2) is 11.2. The van der Waals surface area contributed by atoms with Gasteiger partial charge >= 0.3 is 0 Å². The van der Waals surface area contributed by atoms with E-state index in [1.807, 2.05) is 13.1 Å². The summed E-state index contributed by atoms with van der Waals surface area (Å²) in [5, 5.41) is 7.82. The molecule has 132 valence electrons. The van der Waals surface area contributed by atoms with E-state index in [1.165, 1.54) is 4.88 Å². The van der Waals surface area contributed by atoms with Gasteiger partial charge in [-0.2, -0.15) is 0 Å². The van der Waals surface area contributed by atoms with Crippen LogP contribution in [0.1, 0.15) is 23.7 Å². The second-order valence-corrected chi connectivity index (χ2v) is 6.74. The number of halogens is 1. The average molecular weight is 453 g/mol. The lowest BCUT2D eigenvalue weighted by Gasteiger charge is -2.32. The molecular weight excluding hydrogens is 425 g/mol. The average Bonchev–Trinajstić information content (AvgIpc) is 2.96. The Labute approximate surface area is 160 Å². The van der Waals surface area contributed by atoms with Gasteiger partial charge in [-0.1, -0.05) is 0 Å². The standard InChI is InChI=1S/C15H27N5OS.HI/c1-4-16-15(19-11-14-10-17-13(3)22-14)18-9-12(2)20-5-7-21-8-6-20;/h10,12H,4-9,11H2,1-3H3,(H2,16,18,19);1H. The molecule has 0 amide bonds. The van der Waals surface area contributed by atoms with Gasteiger partial charge in [0, 0.05) is 43.3 Å². The second-order valence-electron chi connectivity index (χ2n) is 5.42. The SMILES string of the molecule is CCNC(=NCc1cnc(C)s1)NCC(C)N1CCOCC1.I. The molecule has 0 aromatic carbocycles. The highest BCUT2D eigenvalue weighted by Crippen LogP contribution is 2.12. The molecule has 0 saturated carbocycles. The molecule has 1 atom stereocenters. The maximum absolute atomic E-state index is 5.40. The van der Waals surface area contributed by atoms with Crippen LogP contribution in [0.25, 0.3) is 0 Å². The number of thiazole rings is 1. The molecule has 0 radical (unpaired) electrons. The van der Waals surface area contributed by atoms with Crippen LogP contribution < -0.4 is 10.6 Å². The predicted octanol–water partition coefficient (Wildman–Crippen LogP) is 1.85. The molecule has 2 rings (SSSR count). The van der Waals surface area contributed by atoms with Crippen LogP contribution in [0, 0.1) is 6.92 Å². The minimum atomic E-state index is 0. The van der Waals surface area contributed by atoms with Gasteiger partial charge in [0.05, 0.1) is 24.8 Å². The van der Waals surface area contributed by atoms with Crippen molar-refractivity contribution in [3.8, 4) is 0 Å². The Kier molecular flexibility index (Phi) is 10.00. The predicted molar refractivity (Wildman–Crippen MR) is 107 cm³/mol. The molecule has 1 saturated heterocycles. The van der Waals surface area contributed by atoms with Crippen LogP contribution >= 0.6 is 35.3 Å². The molecule has 1 aliphatic rings. The Morgan fingerprint density at radius 3 is 2.78 bits per heavy atom. The van der Waals surface area contributed by atoms with E-state index in [4.69, 9.17) is 4.74 Å². The number of hydrogen-bond acceptors (Lipinski definition) is 5. The summed E-state index contributed by atoms with van der Waals surface area (Å²) < 4.78 is 5.40. The third kappa shape index (κ3) is 7.32. The zero-order valence-electron chi connectivity index (χ0n) is 14.2. The van der Waals surface area contributed by atoms with Gasteiger partial charge in [0.15, 0.2) is 5.96 Å². The molecule has 1 unspecified atom stereocenters. The van der Waals surface area contributed by atoms with Gasteiger partial charge < -0.3 is 15.4 Å². The van der Waals surface area contributed by atoms with Crippen LogP contribution in [-0.2, 0) is 11.3 Å². The van der Waals surface area contributed by atoms with Gasteiger partial charge in [0.2, 0.25) is 0 Å². The van der Waals surface area contributed by atoms with Gasteiger partial charge in [0.1, 0.15) is 0 Å². The van der Waals surface area contributed by atoms with E-state index in [0.29, 0.717) is 12.6 Å². The highest BCUT2D eigenvalue weighted by molar-refractivity contribution is 14.0. The van der Waals surface area contributed by atoms with Crippen LogP contribution in [0.3, 0.4) is 0 Å². The van der Waals surface area contributed by atoms with Crippen LogP contribution in [0.15, 0.2) is 11.2 Å². The van der Waals surface area contributed by atoms with Crippen molar-refractivity contribution in [1.82, 2.24) is 20.5 Å². The summed E-state index contributed by atoms with van der Waals surface area (Å²) in [6.07, 6.45) is 1.91. The largest absolute Gasteiger partial charge is 0.379 e. The van der Waals surface area contributed by atoms with Crippen LogP contribution in [0.2, 0.25) is 0 Å². The number of nitrogens with one attached hydrogen (secondary N) is 2. The van der Waals surface area contributed by atoms with E-state index in [0.717, 1.165) is 50.4 Å². The highest BCUT2D eigenvalue weighted by Gasteiger charge is 2.16. The Morgan fingerprint density at radius 1 is 1.43 bits per heavy atom. The summed E-state index contributed by atoms with van der Waals surface area (Å²) in [4.78, 5) is 12.5. The molecule has 6 nitrogen and oxygen atoms in total. The molecule has 0 bridgehead atoms. The normalized spacial score (nSPS) is 17.4. The quantitative estimate of drug-likeness (QED) is 0.391. The number of nitrogens with zero attached hydrogens (tertiary/aromatic N) is 3. The van der Waals surface area contributed by atoms with Crippen molar-refractivity contribution in [3.05, 3.63) is 16.1 Å². The maximum atomic E-state index is 5.40. The minimum Gasteiger partial charge on any atom is -0.379 e. The molecule has 2 N–H and O–H groups in total. The molecule has 1 fully saturated rings. The van der Waals surface area contributed by atoms with Crippen LogP contribution in [0.5, 0.6) is 0 Å². The zero-order chi connectivity index (χ0) is 15.8. The van der Waals surface area contributed by atoms with Gasteiger partial charge in [-0.15, -0.1) is 35.3 Å². The van der Waals surface area contributed by atoms with E-state index in [9.17, 15) is 0 Å². The van der Waals surface area contributed by atoms with Crippen LogP contribution in [0.4, 0.5) is 0 Å². The fourth-order valence-corrected chi connectivity index (χ4v) is 3.09. The Hall–Kier alpha value is -0.450. The van der Waals surface area contributed by atoms with Gasteiger partial charge in [-0.3, -0.25) is 4.90 Å². The number of hydrogen-bond donors (Lipinski definition) is 2. The maximum Gasteiger partial charge on any atom is 0.191 e. The Morgan fingerprint density at radius 2 is 2.17 bits per heavy atom. The van der Waals surface area contributed by atoms with Gasteiger partial charge in [0.25, 0.3) is 0 Å². The highest BCUT2D eigenvalue weighted by atomic mass is 127. The molecule has 1 aromatic heterocycles. The molecule has 23 heavy (non-hydrogen) atoms. The summed E-state index contributed by atoms with van der Waals surface area (Å²) in [7, 11) is 0. The lowest BCUT2D eigenvalue weighted by molar-refractivity contribution is 0.0211. The first-order valence-corrected chi connectivity index (χ1v) is 8.76. The summed E-state index contributed by atoms with van der Waals surface area (Å²) in [5.41, 5.74) is 0. The van der Waals surface area contributed by atoms with Crippen molar-refractivity contribution in [2.75, 3.05) is 39.4 Å². The Bertz CT molecular complexity index is 476. The fraction of sp³-hybridized carbons (Fsp3) is 0.733. The number of morpholine rings is 1. The van der Waals surface area contributed by atoms with Gasteiger partial charge in [-0.05, 0) is 20.8 Å². The first-order valence-electron chi connectivity index (χ1n) is 7.94. The fourth-order valence-electron chi connectivity index (χ4n) is 2.37. The molecule has 0 aliphatic carbocycles. The van der Waals surface area contributed by atoms with E-state index in [2.05, 4.69) is 39.4 Å². The number of ether oxygens (including phenoxy) is 1. The van der Waals surface area contributed by atoms with E-state index < -0.39 is 0 Å². The summed E-state index contributed by atoms with van der Waals surface area (Å²) >= 11 is 1.70. The monoisotopic (exact) mass is 453 g/mol. The third-order valence-electron chi connectivity index (χ3n) is 3.64. The Balaban J connectivity index is 0.00000264. The lowest BCUT2D eigenvalue weighted by atomic mass is 10.2. The topological polar surface area (TPSA) is 61.8 Å². The number of rotatable bonds is 6. The summed E-state index contributed by atoms with van der Waals surface area (Å²) in [6, 6.07) is 0.471. The number of aromatic nitrogens is 1. The zero-order valence-corrected chi connectivity index (χ0v) is 17.3. The van der Waals surface area contributed by atoms with Crippen molar-refractivity contribution < 1.29 is 4.74 Å². The first-order chi connectivity index (χ1) is 10.7. The number of guanidine groups is 1. The molecule has 1 aliphatic heterocycles. The smallest absolute Gasteiger partial charge is 0.191 e. The van der Waals surface area contributed by atoms with Crippen molar-refractivity contribution >= 4 is 41.3 Å². The van der Waals surface area contributed by atoms with Crippen molar-refractivity contribution in [1.29, 1.82) is 0 Å². The number of aryl methyl sites for hydroxylation is 1. The van der Waals surface area contributed by atoms with Crippen molar-refractivity contribution in [3.63, 3.8) is 0 Å². The molecule has 1 aromatic rings. The minimum absolute atomic E-state index is 0. The van der Waals surface area contributed by atoms with E-state index >= 15 is 0 Å². The van der Waals surface area contributed by atoms with Gasteiger partial charge in [-0.25, -0.2) is 9.98 Å². The molecule has 2 heterocycles. The van der Waals surface area contributed by atoms with Crippen molar-refractivity contribution in [2.45, 2.75) is 33.4 Å². The first kappa shape index (κ1) is 20.6. The third-order valence-corrected chi connectivity index (χ3v) is 4.54. The summed E-state index contributed by atoms with van der Waals surface area (Å²) in [5.74, 6) is 0.869. The lowest BCUT2D eigenvalue weighted by Crippen LogP contribution is -2.49. The van der Waals surface area contributed by atoms with Crippen molar-refractivity contribution in [2.24, 2.45) is 4.99 Å². The van der Waals surface area contributed by atoms with E-state index in [-0.39, 0.29) is 24.0 Å². The van der Waals surface area contributed by atoms with Crippen LogP contribution in [-0.4, -0.2) is 61.3 Å². The molecule has 8 heteroatoms. The number of aliphatic imine (C=N–C) groups is 1. The summed E-state index contributed by atoms with van der Waals surface area (Å²) in [6.45, 7) is 12.5. The molecule has 0 spiro atoms. The molecular formula is C15H28IN5OS. The van der Waals surface area contributed by atoms with E-state index in [1.54, 1.807) is 11.3 Å².